The summed E-state index contributed by atoms with van der Waals surface area (Å²) in [4.78, 5) is 1.30. The van der Waals surface area contributed by atoms with Gasteiger partial charge in [0.25, 0.3) is 0 Å². The number of nitrogens with one attached hydrogen (secondary N) is 1. The van der Waals surface area contributed by atoms with Gasteiger partial charge in [0.1, 0.15) is 0 Å². The van der Waals surface area contributed by atoms with E-state index in [2.05, 4.69) is 77.6 Å². The number of aryl methyl sites for hydroxylation is 2. The SMILES string of the molecule is CNC(CSc1ccc(Br)cc1)c1ccc(C)c(C)c1. The molecule has 0 aliphatic rings. The van der Waals surface area contributed by atoms with Crippen molar-refractivity contribution in [1.29, 1.82) is 0 Å². The van der Waals surface area contributed by atoms with Gasteiger partial charge in [0.05, 0.1) is 0 Å². The smallest absolute Gasteiger partial charge is 0.0413 e. The van der Waals surface area contributed by atoms with Gasteiger partial charge in [-0.25, -0.2) is 0 Å². The van der Waals surface area contributed by atoms with Gasteiger partial charge in [-0.1, -0.05) is 34.1 Å². The number of rotatable bonds is 5. The van der Waals surface area contributed by atoms with Crippen LogP contribution in [0.5, 0.6) is 0 Å². The van der Waals surface area contributed by atoms with Crippen LogP contribution in [0.4, 0.5) is 0 Å². The Morgan fingerprint density at radius 2 is 1.75 bits per heavy atom. The minimum atomic E-state index is 0.378. The molecule has 1 atom stereocenters. The van der Waals surface area contributed by atoms with E-state index < -0.39 is 0 Å². The molecule has 2 rings (SSSR count). The molecule has 0 amide bonds. The number of thioether (sulfide) groups is 1. The fraction of sp³-hybridized carbons (Fsp3) is 0.294. The van der Waals surface area contributed by atoms with Gasteiger partial charge < -0.3 is 5.32 Å². The molecule has 0 fully saturated rings. The molecule has 0 saturated heterocycles. The normalized spacial score (nSPS) is 12.4. The van der Waals surface area contributed by atoms with E-state index in [9.17, 15) is 0 Å². The highest BCUT2D eigenvalue weighted by Crippen LogP contribution is 2.26. The van der Waals surface area contributed by atoms with Crippen molar-refractivity contribution in [2.45, 2.75) is 24.8 Å². The lowest BCUT2D eigenvalue weighted by molar-refractivity contribution is 0.661. The lowest BCUT2D eigenvalue weighted by atomic mass is 10.0. The zero-order chi connectivity index (χ0) is 14.5. The molecular weight excluding hydrogens is 330 g/mol. The Labute approximate surface area is 134 Å². The maximum Gasteiger partial charge on any atom is 0.0413 e. The van der Waals surface area contributed by atoms with Crippen LogP contribution >= 0.6 is 27.7 Å². The van der Waals surface area contributed by atoms with Crippen molar-refractivity contribution < 1.29 is 0 Å². The molecule has 0 aromatic heterocycles. The fourth-order valence-corrected chi connectivity index (χ4v) is 3.35. The molecular formula is C17H20BrNS. The van der Waals surface area contributed by atoms with E-state index in [-0.39, 0.29) is 0 Å². The van der Waals surface area contributed by atoms with Gasteiger partial charge in [0, 0.05) is 21.2 Å². The van der Waals surface area contributed by atoms with Gasteiger partial charge in [-0.3, -0.25) is 0 Å². The van der Waals surface area contributed by atoms with E-state index >= 15 is 0 Å². The first-order valence-corrected chi connectivity index (χ1v) is 8.51. The third-order valence-electron chi connectivity index (χ3n) is 3.51. The molecule has 3 heteroatoms. The second kappa shape index (κ2) is 7.30. The molecule has 2 aromatic rings. The molecule has 0 spiro atoms. The van der Waals surface area contributed by atoms with Crippen LogP contribution in [0.3, 0.4) is 0 Å². The summed E-state index contributed by atoms with van der Waals surface area (Å²) in [6, 6.07) is 15.6. The first kappa shape index (κ1) is 15.6. The summed E-state index contributed by atoms with van der Waals surface area (Å²) in [6.45, 7) is 4.33. The second-order valence-corrected chi connectivity index (χ2v) is 6.96. The van der Waals surface area contributed by atoms with Crippen molar-refractivity contribution in [3.63, 3.8) is 0 Å². The topological polar surface area (TPSA) is 12.0 Å². The van der Waals surface area contributed by atoms with Gasteiger partial charge in [-0.15, -0.1) is 11.8 Å². The van der Waals surface area contributed by atoms with Gasteiger partial charge in [0.15, 0.2) is 0 Å². The Hall–Kier alpha value is -0.770. The number of hydrogen-bond acceptors (Lipinski definition) is 2. The van der Waals surface area contributed by atoms with E-state index in [1.54, 1.807) is 0 Å². The van der Waals surface area contributed by atoms with E-state index in [0.29, 0.717) is 6.04 Å². The van der Waals surface area contributed by atoms with Crippen LogP contribution in [0.1, 0.15) is 22.7 Å². The lowest BCUT2D eigenvalue weighted by Crippen LogP contribution is -2.18. The van der Waals surface area contributed by atoms with Gasteiger partial charge >= 0.3 is 0 Å². The summed E-state index contributed by atoms with van der Waals surface area (Å²) in [5.74, 6) is 1.03. The molecule has 1 unspecified atom stereocenters. The molecule has 0 saturated carbocycles. The average Bonchev–Trinajstić information content (AvgIpc) is 2.45. The Kier molecular flexibility index (Phi) is 5.70. The second-order valence-electron chi connectivity index (χ2n) is 4.95. The van der Waals surface area contributed by atoms with E-state index in [1.165, 1.54) is 21.6 Å². The fourth-order valence-electron chi connectivity index (χ4n) is 2.04. The number of hydrogen-bond donors (Lipinski definition) is 1. The molecule has 20 heavy (non-hydrogen) atoms. The summed E-state index contributed by atoms with van der Waals surface area (Å²) >= 11 is 5.35. The Balaban J connectivity index is 2.05. The molecule has 106 valence electrons. The summed E-state index contributed by atoms with van der Waals surface area (Å²) in [5, 5.41) is 3.42. The van der Waals surface area contributed by atoms with Crippen LogP contribution in [-0.4, -0.2) is 12.8 Å². The monoisotopic (exact) mass is 349 g/mol. The van der Waals surface area contributed by atoms with Crippen molar-refractivity contribution in [3.8, 4) is 0 Å². The summed E-state index contributed by atoms with van der Waals surface area (Å²) in [5.41, 5.74) is 4.07. The van der Waals surface area contributed by atoms with Crippen molar-refractivity contribution in [3.05, 3.63) is 63.6 Å². The van der Waals surface area contributed by atoms with Gasteiger partial charge in [0.2, 0.25) is 0 Å². The highest BCUT2D eigenvalue weighted by atomic mass is 79.9. The minimum absolute atomic E-state index is 0.378. The summed E-state index contributed by atoms with van der Waals surface area (Å²) in [6.07, 6.45) is 0. The van der Waals surface area contributed by atoms with Crippen LogP contribution in [0.2, 0.25) is 0 Å². The molecule has 2 aromatic carbocycles. The molecule has 0 bridgehead atoms. The third-order valence-corrected chi connectivity index (χ3v) is 5.15. The summed E-state index contributed by atoms with van der Waals surface area (Å²) in [7, 11) is 2.03. The first-order chi connectivity index (χ1) is 9.60. The van der Waals surface area contributed by atoms with Crippen LogP contribution in [0.15, 0.2) is 51.8 Å². The highest BCUT2D eigenvalue weighted by Gasteiger charge is 2.10. The Morgan fingerprint density at radius 1 is 1.05 bits per heavy atom. The van der Waals surface area contributed by atoms with E-state index in [4.69, 9.17) is 0 Å². The quantitative estimate of drug-likeness (QED) is 0.752. The maximum atomic E-state index is 3.47. The molecule has 0 aliphatic carbocycles. The van der Waals surface area contributed by atoms with Gasteiger partial charge in [-0.05, 0) is 61.9 Å². The minimum Gasteiger partial charge on any atom is -0.312 e. The maximum absolute atomic E-state index is 3.47. The molecule has 1 N–H and O–H groups in total. The van der Waals surface area contributed by atoms with Crippen LogP contribution in [0.25, 0.3) is 0 Å². The van der Waals surface area contributed by atoms with Crippen molar-refractivity contribution in [2.75, 3.05) is 12.8 Å². The molecule has 0 radical (unpaired) electrons. The van der Waals surface area contributed by atoms with Crippen molar-refractivity contribution >= 4 is 27.7 Å². The third kappa shape index (κ3) is 4.11. The van der Waals surface area contributed by atoms with Crippen LogP contribution in [0, 0.1) is 13.8 Å². The zero-order valence-corrected chi connectivity index (χ0v) is 14.5. The van der Waals surface area contributed by atoms with Crippen LogP contribution < -0.4 is 5.32 Å². The Bertz CT molecular complexity index is 566. The predicted octanol–water partition coefficient (Wildman–Crippen LogP) is 5.12. The van der Waals surface area contributed by atoms with Gasteiger partial charge in [-0.2, -0.15) is 0 Å². The average molecular weight is 350 g/mol. The lowest BCUT2D eigenvalue weighted by Gasteiger charge is -2.17. The summed E-state index contributed by atoms with van der Waals surface area (Å²) < 4.78 is 1.13. The first-order valence-electron chi connectivity index (χ1n) is 6.73. The highest BCUT2D eigenvalue weighted by molar-refractivity contribution is 9.10. The van der Waals surface area contributed by atoms with E-state index in [0.717, 1.165) is 10.2 Å². The predicted molar refractivity (Wildman–Crippen MR) is 92.6 cm³/mol. The number of benzene rings is 2. The number of halogens is 1. The molecule has 0 aliphatic heterocycles. The molecule has 0 heterocycles. The molecule has 1 nitrogen and oxygen atoms in total. The van der Waals surface area contributed by atoms with E-state index in [1.807, 2.05) is 18.8 Å². The van der Waals surface area contributed by atoms with Crippen molar-refractivity contribution in [2.24, 2.45) is 0 Å². The Morgan fingerprint density at radius 3 is 2.35 bits per heavy atom. The van der Waals surface area contributed by atoms with Crippen molar-refractivity contribution in [1.82, 2.24) is 5.32 Å². The standard InChI is InChI=1S/C17H20BrNS/c1-12-4-5-14(10-13(12)2)17(19-3)11-20-16-8-6-15(18)7-9-16/h4-10,17,19H,11H2,1-3H3. The van der Waals surface area contributed by atoms with Crippen LogP contribution in [-0.2, 0) is 0 Å². The largest absolute Gasteiger partial charge is 0.312 e. The zero-order valence-electron chi connectivity index (χ0n) is 12.1.